The lowest BCUT2D eigenvalue weighted by atomic mass is 9.93. The maximum Gasteiger partial charge on any atom is 0.147 e. The SMILES string of the molecule is C=[N+]1C=CC=C[C-]1c1cc(-c2ccc(CC(C)C)cc2)ccc1C. The van der Waals surface area contributed by atoms with E-state index in [9.17, 15) is 0 Å². The van der Waals surface area contributed by atoms with Crippen molar-refractivity contribution in [2.24, 2.45) is 5.92 Å². The predicted molar refractivity (Wildman–Crippen MR) is 103 cm³/mol. The third-order valence-corrected chi connectivity index (χ3v) is 4.39. The van der Waals surface area contributed by atoms with Crippen molar-refractivity contribution in [2.45, 2.75) is 27.2 Å². The van der Waals surface area contributed by atoms with E-state index >= 15 is 0 Å². The van der Waals surface area contributed by atoms with Crippen LogP contribution in [0.5, 0.6) is 0 Å². The highest BCUT2D eigenvalue weighted by atomic mass is 15.0. The molecule has 0 amide bonds. The first-order chi connectivity index (χ1) is 11.5. The molecule has 0 aliphatic carbocycles. The second kappa shape index (κ2) is 6.92. The molecule has 0 fully saturated rings. The molecule has 1 heterocycles. The molecule has 0 bridgehead atoms. The molecule has 1 aliphatic rings. The van der Waals surface area contributed by atoms with Gasteiger partial charge in [0.25, 0.3) is 0 Å². The Kier molecular flexibility index (Phi) is 4.71. The average molecular weight is 315 g/mol. The first-order valence-corrected chi connectivity index (χ1v) is 8.56. The van der Waals surface area contributed by atoms with E-state index < -0.39 is 0 Å². The molecule has 0 spiro atoms. The van der Waals surface area contributed by atoms with Crippen molar-refractivity contribution in [1.82, 2.24) is 0 Å². The van der Waals surface area contributed by atoms with Gasteiger partial charge in [0.2, 0.25) is 0 Å². The third-order valence-electron chi connectivity index (χ3n) is 4.39. The zero-order chi connectivity index (χ0) is 17.1. The molecule has 3 rings (SSSR count). The van der Waals surface area contributed by atoms with Gasteiger partial charge in [0, 0.05) is 0 Å². The molecule has 2 aromatic carbocycles. The summed E-state index contributed by atoms with van der Waals surface area (Å²) in [6.07, 6.45) is 9.30. The maximum absolute atomic E-state index is 4.10. The Morgan fingerprint density at radius 1 is 1.00 bits per heavy atom. The number of hydrogen-bond acceptors (Lipinski definition) is 0. The molecule has 1 heteroatoms. The van der Waals surface area contributed by atoms with Gasteiger partial charge in [-0.25, -0.2) is 0 Å². The number of benzene rings is 2. The van der Waals surface area contributed by atoms with E-state index in [0.29, 0.717) is 5.92 Å². The predicted octanol–water partition coefficient (Wildman–Crippen LogP) is 5.54. The molecule has 1 aliphatic heterocycles. The molecule has 0 saturated heterocycles. The molecule has 0 N–H and O–H groups in total. The maximum atomic E-state index is 4.10. The topological polar surface area (TPSA) is 3.01 Å². The van der Waals surface area contributed by atoms with Gasteiger partial charge < -0.3 is 0 Å². The van der Waals surface area contributed by atoms with Crippen LogP contribution in [-0.2, 0) is 6.42 Å². The van der Waals surface area contributed by atoms with Crippen molar-refractivity contribution in [2.75, 3.05) is 0 Å². The Labute approximate surface area is 145 Å². The van der Waals surface area contributed by atoms with Gasteiger partial charge in [-0.1, -0.05) is 74.9 Å². The minimum atomic E-state index is 0.687. The van der Waals surface area contributed by atoms with Crippen molar-refractivity contribution >= 4 is 6.72 Å². The summed E-state index contributed by atoms with van der Waals surface area (Å²) in [4.78, 5) is 0. The zero-order valence-corrected chi connectivity index (χ0v) is 14.8. The summed E-state index contributed by atoms with van der Waals surface area (Å²) < 4.78 is 1.93. The van der Waals surface area contributed by atoms with Crippen LogP contribution in [0, 0.1) is 18.9 Å². The number of rotatable bonds is 4. The number of hydrogen-bond donors (Lipinski definition) is 0. The number of aryl methyl sites for hydroxylation is 1. The van der Waals surface area contributed by atoms with Crippen LogP contribution in [0.2, 0.25) is 0 Å². The molecule has 24 heavy (non-hydrogen) atoms. The van der Waals surface area contributed by atoms with Crippen LogP contribution in [0.25, 0.3) is 11.1 Å². The fourth-order valence-corrected chi connectivity index (χ4v) is 3.10. The lowest BCUT2D eigenvalue weighted by molar-refractivity contribution is -0.417. The fourth-order valence-electron chi connectivity index (χ4n) is 3.10. The summed E-state index contributed by atoms with van der Waals surface area (Å²) in [6, 6.07) is 16.8. The Morgan fingerprint density at radius 2 is 1.71 bits per heavy atom. The number of allylic oxidation sites excluding steroid dienone is 2. The first kappa shape index (κ1) is 16.3. The monoisotopic (exact) mass is 315 g/mol. The summed E-state index contributed by atoms with van der Waals surface area (Å²) in [7, 11) is 0. The molecule has 122 valence electrons. The van der Waals surface area contributed by atoms with E-state index in [1.165, 1.54) is 27.8 Å². The minimum absolute atomic E-state index is 0.687. The van der Waals surface area contributed by atoms with Crippen LogP contribution < -0.4 is 0 Å². The van der Waals surface area contributed by atoms with Gasteiger partial charge in [-0.2, -0.15) is 0 Å². The molecule has 1 nitrogen and oxygen atoms in total. The Hall–Kier alpha value is -2.54. The highest BCUT2D eigenvalue weighted by Crippen LogP contribution is 2.29. The van der Waals surface area contributed by atoms with Gasteiger partial charge in [-0.3, -0.25) is 4.58 Å². The van der Waals surface area contributed by atoms with Crippen molar-refractivity contribution < 1.29 is 4.58 Å². The lowest BCUT2D eigenvalue weighted by Gasteiger charge is -2.20. The average Bonchev–Trinajstić information content (AvgIpc) is 2.56. The molecule has 0 aromatic heterocycles. The molecule has 0 unspecified atom stereocenters. The van der Waals surface area contributed by atoms with Crippen molar-refractivity contribution in [3.8, 4) is 11.1 Å². The van der Waals surface area contributed by atoms with E-state index in [4.69, 9.17) is 0 Å². The van der Waals surface area contributed by atoms with E-state index in [0.717, 1.165) is 12.5 Å². The van der Waals surface area contributed by atoms with E-state index in [1.807, 2.05) is 16.9 Å². The normalized spacial score (nSPS) is 13.8. The molecular weight excluding hydrogens is 290 g/mol. The lowest BCUT2D eigenvalue weighted by Crippen LogP contribution is -2.14. The van der Waals surface area contributed by atoms with Crippen molar-refractivity contribution in [1.29, 1.82) is 0 Å². The van der Waals surface area contributed by atoms with Crippen LogP contribution in [0.15, 0.2) is 66.9 Å². The molecular formula is C23H25N. The van der Waals surface area contributed by atoms with Crippen LogP contribution in [-0.4, -0.2) is 11.3 Å². The van der Waals surface area contributed by atoms with Crippen LogP contribution in [0.1, 0.15) is 30.5 Å². The minimum Gasteiger partial charge on any atom is -0.255 e. The van der Waals surface area contributed by atoms with Crippen molar-refractivity contribution in [3.05, 3.63) is 89.6 Å². The Morgan fingerprint density at radius 3 is 2.38 bits per heavy atom. The van der Waals surface area contributed by atoms with Gasteiger partial charge in [-0.15, -0.1) is 6.08 Å². The molecule has 0 saturated carbocycles. The Bertz CT molecular complexity index is 791. The van der Waals surface area contributed by atoms with Crippen molar-refractivity contribution in [3.63, 3.8) is 0 Å². The quantitative estimate of drug-likeness (QED) is 0.515. The molecule has 0 atom stereocenters. The van der Waals surface area contributed by atoms with Gasteiger partial charge >= 0.3 is 0 Å². The highest BCUT2D eigenvalue weighted by Gasteiger charge is 2.16. The second-order valence-corrected chi connectivity index (χ2v) is 6.88. The van der Waals surface area contributed by atoms with E-state index in [2.05, 4.69) is 82.1 Å². The standard InChI is InChI=1S/C23H25N/c1-17(2)15-19-9-12-20(13-10-19)21-11-8-18(3)22(16-21)23-7-5-6-14-24(23)4/h5-14,16-17H,4,15H2,1-3H3. The third kappa shape index (κ3) is 3.51. The summed E-state index contributed by atoms with van der Waals surface area (Å²) in [5, 5.41) is 0. The van der Waals surface area contributed by atoms with Gasteiger partial charge in [0.1, 0.15) is 12.2 Å². The zero-order valence-electron chi connectivity index (χ0n) is 14.8. The van der Waals surface area contributed by atoms with Gasteiger partial charge in [0.15, 0.2) is 0 Å². The smallest absolute Gasteiger partial charge is 0.147 e. The second-order valence-electron chi connectivity index (χ2n) is 6.88. The largest absolute Gasteiger partial charge is 0.255 e. The van der Waals surface area contributed by atoms with Crippen LogP contribution in [0.4, 0.5) is 0 Å². The summed E-state index contributed by atoms with van der Waals surface area (Å²) in [5.41, 5.74) is 6.40. The Balaban J connectivity index is 1.92. The van der Waals surface area contributed by atoms with E-state index in [1.54, 1.807) is 0 Å². The summed E-state index contributed by atoms with van der Waals surface area (Å²) in [6.45, 7) is 10.8. The van der Waals surface area contributed by atoms with E-state index in [-0.39, 0.29) is 0 Å². The van der Waals surface area contributed by atoms with Gasteiger partial charge in [-0.05, 0) is 40.7 Å². The first-order valence-electron chi connectivity index (χ1n) is 8.56. The molecule has 2 aromatic rings. The molecule has 0 radical (unpaired) electrons. The van der Waals surface area contributed by atoms with Crippen LogP contribution >= 0.6 is 0 Å². The highest BCUT2D eigenvalue weighted by molar-refractivity contribution is 5.66. The summed E-state index contributed by atoms with van der Waals surface area (Å²) >= 11 is 0. The van der Waals surface area contributed by atoms with Gasteiger partial charge in [0.05, 0.1) is 6.72 Å². The van der Waals surface area contributed by atoms with Crippen LogP contribution in [0.3, 0.4) is 0 Å². The fraction of sp³-hybridized carbons (Fsp3) is 0.217. The number of nitrogens with zero attached hydrogens (tertiary/aromatic N) is 1. The summed E-state index contributed by atoms with van der Waals surface area (Å²) in [5.74, 6) is 0.687.